The van der Waals surface area contributed by atoms with Crippen LogP contribution in [0.4, 0.5) is 0 Å². The lowest BCUT2D eigenvalue weighted by Crippen LogP contribution is -2.76. The van der Waals surface area contributed by atoms with Gasteiger partial charge in [0.05, 0.1) is 11.7 Å². The first-order valence-corrected chi connectivity index (χ1v) is 10.2. The van der Waals surface area contributed by atoms with E-state index in [1.807, 2.05) is 6.92 Å². The van der Waals surface area contributed by atoms with Crippen molar-refractivity contribution in [3.05, 3.63) is 17.0 Å². The summed E-state index contributed by atoms with van der Waals surface area (Å²) >= 11 is 0.932. The van der Waals surface area contributed by atoms with Gasteiger partial charge in [0.25, 0.3) is 5.91 Å². The van der Waals surface area contributed by atoms with Crippen LogP contribution in [0, 0.1) is 5.41 Å². The molecule has 2 N–H and O–H groups in total. The van der Waals surface area contributed by atoms with E-state index >= 15 is 0 Å². The summed E-state index contributed by atoms with van der Waals surface area (Å²) in [6, 6.07) is 1.26. The number of aliphatic carboxylic acids is 1. The number of carboxylic acids is 1. The summed E-state index contributed by atoms with van der Waals surface area (Å²) in [5, 5.41) is 13.7. The summed E-state index contributed by atoms with van der Waals surface area (Å²) in [6.45, 7) is 5.76. The van der Waals surface area contributed by atoms with Crippen LogP contribution in [-0.2, 0) is 19.4 Å². The average molecular weight is 375 g/mol. The summed E-state index contributed by atoms with van der Waals surface area (Å²) in [4.78, 5) is 24.3. The average Bonchev–Trinajstić information content (AvgIpc) is 2.95. The Labute approximate surface area is 144 Å². The molecule has 0 bridgehead atoms. The molecule has 1 fully saturated rings. The fraction of sp³-hybridized carbons (Fsp3) is 0.600. The molecule has 1 heterocycles. The van der Waals surface area contributed by atoms with E-state index in [9.17, 15) is 23.1 Å². The second-order valence-corrected chi connectivity index (χ2v) is 9.61. The zero-order valence-electron chi connectivity index (χ0n) is 14.0. The molecule has 9 heteroatoms. The molecule has 1 aromatic heterocycles. The Morgan fingerprint density at radius 3 is 2.50 bits per heavy atom. The van der Waals surface area contributed by atoms with Crippen molar-refractivity contribution in [2.45, 2.75) is 43.0 Å². The van der Waals surface area contributed by atoms with Crippen molar-refractivity contribution in [3.8, 4) is 0 Å². The highest BCUT2D eigenvalue weighted by atomic mass is 32.2. The van der Waals surface area contributed by atoms with Crippen molar-refractivity contribution >= 4 is 33.1 Å². The van der Waals surface area contributed by atoms with E-state index in [1.165, 1.54) is 11.4 Å². The third kappa shape index (κ3) is 2.96. The van der Waals surface area contributed by atoms with E-state index in [2.05, 4.69) is 5.32 Å². The van der Waals surface area contributed by atoms with Gasteiger partial charge in [0.15, 0.2) is 9.84 Å². The van der Waals surface area contributed by atoms with Gasteiger partial charge in [0.2, 0.25) is 0 Å². The molecule has 1 amide bonds. The van der Waals surface area contributed by atoms with Crippen LogP contribution in [0.2, 0.25) is 0 Å². The molecule has 134 valence electrons. The largest absolute Gasteiger partial charge is 0.479 e. The molecule has 1 saturated carbocycles. The Kier molecular flexibility index (Phi) is 4.82. The number of ether oxygens (including phenoxy) is 1. The second-order valence-electron chi connectivity index (χ2n) is 6.46. The van der Waals surface area contributed by atoms with E-state index in [1.54, 1.807) is 13.8 Å². The van der Waals surface area contributed by atoms with Gasteiger partial charge in [-0.3, -0.25) is 4.79 Å². The lowest BCUT2D eigenvalue weighted by Gasteiger charge is -2.58. The molecule has 1 aliphatic carbocycles. The third-order valence-corrected chi connectivity index (χ3v) is 7.43. The van der Waals surface area contributed by atoms with E-state index in [0.717, 1.165) is 17.6 Å². The fourth-order valence-electron chi connectivity index (χ4n) is 2.93. The molecule has 2 unspecified atom stereocenters. The highest BCUT2D eigenvalue weighted by molar-refractivity contribution is 7.92. The number of hydrogen-bond acceptors (Lipinski definition) is 6. The predicted molar refractivity (Wildman–Crippen MR) is 89.1 cm³/mol. The highest BCUT2D eigenvalue weighted by Gasteiger charge is 2.66. The Morgan fingerprint density at radius 1 is 1.46 bits per heavy atom. The van der Waals surface area contributed by atoms with E-state index in [0.29, 0.717) is 6.61 Å². The number of amides is 1. The maximum absolute atomic E-state index is 12.4. The quantitative estimate of drug-likeness (QED) is 0.780. The van der Waals surface area contributed by atoms with Gasteiger partial charge in [-0.1, -0.05) is 13.8 Å². The fourth-order valence-corrected chi connectivity index (χ4v) is 4.73. The van der Waals surface area contributed by atoms with Gasteiger partial charge >= 0.3 is 5.97 Å². The zero-order valence-corrected chi connectivity index (χ0v) is 15.6. The molecule has 0 saturated heterocycles. The highest BCUT2D eigenvalue weighted by Crippen LogP contribution is 2.51. The molecule has 0 aromatic carbocycles. The van der Waals surface area contributed by atoms with Crippen LogP contribution in [0.3, 0.4) is 0 Å². The molecular formula is C15H21NO6S2. The van der Waals surface area contributed by atoms with E-state index < -0.39 is 32.7 Å². The molecule has 1 aliphatic rings. The number of carbonyl (C=O) groups excluding carboxylic acids is 1. The van der Waals surface area contributed by atoms with Crippen molar-refractivity contribution in [2.24, 2.45) is 5.41 Å². The van der Waals surface area contributed by atoms with Gasteiger partial charge in [0, 0.05) is 30.1 Å². The number of carbonyl (C=O) groups is 2. The Balaban J connectivity index is 2.25. The first-order chi connectivity index (χ1) is 11.0. The lowest BCUT2D eigenvalue weighted by molar-refractivity contribution is -0.190. The number of rotatable bonds is 6. The van der Waals surface area contributed by atoms with Crippen LogP contribution in [0.5, 0.6) is 0 Å². The standard InChI is InChI=1S/C15H21NO6S2/c1-5-22-10-7-15(13(18)19,14(10,2)3)16-12(17)9-6-11(23-8-9)24(4,20)21/h6,8,10H,5,7H2,1-4H3,(H,16,17)(H,18,19). The number of hydrogen-bond donors (Lipinski definition) is 2. The van der Waals surface area contributed by atoms with Gasteiger partial charge < -0.3 is 15.2 Å². The smallest absolute Gasteiger partial charge is 0.330 e. The van der Waals surface area contributed by atoms with Crippen molar-refractivity contribution in [2.75, 3.05) is 12.9 Å². The number of sulfone groups is 1. The van der Waals surface area contributed by atoms with Gasteiger partial charge in [-0.2, -0.15) is 0 Å². The molecule has 0 radical (unpaired) electrons. The molecular weight excluding hydrogens is 354 g/mol. The number of carboxylic acid groups (broad SMARTS) is 1. The topological polar surface area (TPSA) is 110 Å². The summed E-state index contributed by atoms with van der Waals surface area (Å²) in [5.41, 5.74) is -2.10. The summed E-state index contributed by atoms with van der Waals surface area (Å²) in [6.07, 6.45) is 0.951. The van der Waals surface area contributed by atoms with E-state index in [4.69, 9.17) is 4.74 Å². The van der Waals surface area contributed by atoms with Crippen molar-refractivity contribution in [1.29, 1.82) is 0 Å². The van der Waals surface area contributed by atoms with Crippen LogP contribution >= 0.6 is 11.3 Å². The van der Waals surface area contributed by atoms with Crippen molar-refractivity contribution in [3.63, 3.8) is 0 Å². The van der Waals surface area contributed by atoms with Gasteiger partial charge in [-0.25, -0.2) is 13.2 Å². The minimum Gasteiger partial charge on any atom is -0.479 e. The minimum atomic E-state index is -3.40. The van der Waals surface area contributed by atoms with Crippen LogP contribution in [0.1, 0.15) is 37.6 Å². The van der Waals surface area contributed by atoms with Gasteiger partial charge in [-0.05, 0) is 13.0 Å². The van der Waals surface area contributed by atoms with Gasteiger partial charge in [0.1, 0.15) is 9.75 Å². The number of thiophene rings is 1. The zero-order chi connectivity index (χ0) is 18.3. The molecule has 7 nitrogen and oxygen atoms in total. The number of nitrogens with one attached hydrogen (secondary N) is 1. The molecule has 1 aromatic rings. The Morgan fingerprint density at radius 2 is 2.08 bits per heavy atom. The first kappa shape index (κ1) is 18.9. The Hall–Kier alpha value is -1.45. The minimum absolute atomic E-state index is 0.0667. The first-order valence-electron chi connectivity index (χ1n) is 7.42. The van der Waals surface area contributed by atoms with Crippen LogP contribution in [0.15, 0.2) is 15.7 Å². The predicted octanol–water partition coefficient (Wildman–Crippen LogP) is 1.54. The second kappa shape index (κ2) is 6.12. The lowest BCUT2D eigenvalue weighted by atomic mass is 9.54. The molecule has 0 spiro atoms. The maximum Gasteiger partial charge on any atom is 0.330 e. The normalized spacial score (nSPS) is 25.8. The SMILES string of the molecule is CCOC1CC(NC(=O)c2csc(S(C)(=O)=O)c2)(C(=O)O)C1(C)C. The third-order valence-electron chi connectivity index (χ3n) is 4.66. The van der Waals surface area contributed by atoms with Crippen LogP contribution < -0.4 is 5.32 Å². The Bertz CT molecular complexity index is 767. The molecule has 24 heavy (non-hydrogen) atoms. The summed E-state index contributed by atoms with van der Waals surface area (Å²) in [7, 11) is -3.40. The van der Waals surface area contributed by atoms with E-state index in [-0.39, 0.29) is 22.3 Å². The summed E-state index contributed by atoms with van der Waals surface area (Å²) in [5.74, 6) is -1.73. The van der Waals surface area contributed by atoms with Crippen molar-refractivity contribution in [1.82, 2.24) is 5.32 Å². The monoisotopic (exact) mass is 375 g/mol. The molecule has 2 rings (SSSR count). The van der Waals surface area contributed by atoms with Crippen molar-refractivity contribution < 1.29 is 27.9 Å². The molecule has 2 atom stereocenters. The van der Waals surface area contributed by atoms with Gasteiger partial charge in [-0.15, -0.1) is 11.3 Å². The van der Waals surface area contributed by atoms with Crippen LogP contribution in [0.25, 0.3) is 0 Å². The maximum atomic E-state index is 12.4. The summed E-state index contributed by atoms with van der Waals surface area (Å²) < 4.78 is 28.6. The van der Waals surface area contributed by atoms with Crippen LogP contribution in [-0.4, -0.2) is 49.9 Å². The molecule has 0 aliphatic heterocycles.